The lowest BCUT2D eigenvalue weighted by Gasteiger charge is -2.04. The zero-order valence-electron chi connectivity index (χ0n) is 7.67. The summed E-state index contributed by atoms with van der Waals surface area (Å²) in [7, 11) is 0. The molecule has 0 atom stereocenters. The van der Waals surface area contributed by atoms with Gasteiger partial charge in [0.1, 0.15) is 0 Å². The van der Waals surface area contributed by atoms with E-state index in [4.69, 9.17) is 0 Å². The number of ether oxygens (including phenoxy) is 1. The predicted molar refractivity (Wildman–Crippen MR) is 48.8 cm³/mol. The minimum Gasteiger partial charge on any atom is -0.460 e. The van der Waals surface area contributed by atoms with Crippen molar-refractivity contribution in [1.29, 1.82) is 0 Å². The molecule has 0 spiro atoms. The molecule has 2 aliphatic heterocycles. The van der Waals surface area contributed by atoms with E-state index in [0.29, 0.717) is 0 Å². The van der Waals surface area contributed by atoms with Gasteiger partial charge in [-0.25, -0.2) is 4.79 Å². The quantitative estimate of drug-likeness (QED) is 0.580. The highest BCUT2D eigenvalue weighted by atomic mass is 16.5. The van der Waals surface area contributed by atoms with Gasteiger partial charge in [-0.3, -0.25) is 4.79 Å². The highest BCUT2D eigenvalue weighted by Gasteiger charge is 2.30. The van der Waals surface area contributed by atoms with Crippen LogP contribution < -0.4 is 0 Å². The maximum Gasteiger partial charge on any atom is 0.376 e. The summed E-state index contributed by atoms with van der Waals surface area (Å²) in [5, 5.41) is 10.1. The summed E-state index contributed by atoms with van der Waals surface area (Å²) in [6, 6.07) is 0. The molecular formula is C7H5N5O3. The van der Waals surface area contributed by atoms with Crippen molar-refractivity contribution >= 4 is 29.3 Å². The zero-order chi connectivity index (χ0) is 10.8. The molecule has 2 rings (SSSR count). The van der Waals surface area contributed by atoms with Crippen molar-refractivity contribution in [2.75, 3.05) is 6.61 Å². The SMILES string of the molecule is CCOC(=O)C1=NC(=O)C2=NN=NC2=N1. The number of amides is 1. The van der Waals surface area contributed by atoms with E-state index in [0.717, 1.165) is 0 Å². The van der Waals surface area contributed by atoms with E-state index in [1.807, 2.05) is 0 Å². The van der Waals surface area contributed by atoms with Crippen molar-refractivity contribution in [3.63, 3.8) is 0 Å². The molecule has 0 saturated heterocycles. The summed E-state index contributed by atoms with van der Waals surface area (Å²) < 4.78 is 4.64. The van der Waals surface area contributed by atoms with Crippen molar-refractivity contribution in [1.82, 2.24) is 0 Å². The molecule has 76 valence electrons. The topological polar surface area (TPSA) is 105 Å². The molecule has 8 heteroatoms. The molecule has 8 nitrogen and oxygen atoms in total. The Balaban J connectivity index is 2.30. The third-order valence-corrected chi connectivity index (χ3v) is 1.58. The van der Waals surface area contributed by atoms with E-state index >= 15 is 0 Å². The minimum atomic E-state index is -0.764. The van der Waals surface area contributed by atoms with E-state index < -0.39 is 11.9 Å². The van der Waals surface area contributed by atoms with E-state index in [1.165, 1.54) is 0 Å². The standard InChI is InChI=1S/C7H5N5O3/c1-2-15-7(14)5-8-4-3(6(13)9-5)10-12-11-4/h2H2,1H3. The van der Waals surface area contributed by atoms with E-state index in [1.54, 1.807) is 6.92 Å². The first-order chi connectivity index (χ1) is 7.22. The molecule has 0 saturated carbocycles. The molecule has 0 fully saturated rings. The first kappa shape index (κ1) is 9.31. The Labute approximate surface area is 83.5 Å². The lowest BCUT2D eigenvalue weighted by Crippen LogP contribution is -2.29. The summed E-state index contributed by atoms with van der Waals surface area (Å²) in [6.07, 6.45) is 0. The van der Waals surface area contributed by atoms with E-state index in [2.05, 4.69) is 30.2 Å². The Kier molecular flexibility index (Phi) is 2.16. The summed E-state index contributed by atoms with van der Waals surface area (Å²) in [4.78, 5) is 29.6. The molecule has 0 radical (unpaired) electrons. The van der Waals surface area contributed by atoms with Crippen LogP contribution in [0.1, 0.15) is 6.92 Å². The van der Waals surface area contributed by atoms with Gasteiger partial charge in [-0.05, 0) is 12.1 Å². The Morgan fingerprint density at radius 3 is 2.93 bits per heavy atom. The number of fused-ring (bicyclic) bond motifs is 1. The van der Waals surface area contributed by atoms with Crippen LogP contribution in [0.4, 0.5) is 0 Å². The van der Waals surface area contributed by atoms with Gasteiger partial charge >= 0.3 is 11.9 Å². The minimum absolute atomic E-state index is 0.00180. The molecule has 0 unspecified atom stereocenters. The normalized spacial score (nSPS) is 17.9. The average molecular weight is 207 g/mol. The number of rotatable bonds is 2. The number of nitrogens with zero attached hydrogens (tertiary/aromatic N) is 5. The lowest BCUT2D eigenvalue weighted by molar-refractivity contribution is -0.135. The number of esters is 1. The molecule has 0 N–H and O–H groups in total. The van der Waals surface area contributed by atoms with Crippen LogP contribution in [0.2, 0.25) is 0 Å². The molecule has 0 bridgehead atoms. The average Bonchev–Trinajstić information content (AvgIpc) is 2.66. The van der Waals surface area contributed by atoms with Crippen LogP contribution in [0, 0.1) is 0 Å². The molecule has 0 aromatic heterocycles. The highest BCUT2D eigenvalue weighted by molar-refractivity contribution is 6.71. The largest absolute Gasteiger partial charge is 0.460 e. The van der Waals surface area contributed by atoms with Gasteiger partial charge in [0.15, 0.2) is 0 Å². The van der Waals surface area contributed by atoms with Crippen molar-refractivity contribution < 1.29 is 14.3 Å². The predicted octanol–water partition coefficient (Wildman–Crippen LogP) is -0.292. The van der Waals surface area contributed by atoms with Gasteiger partial charge in [-0.2, -0.15) is 9.98 Å². The van der Waals surface area contributed by atoms with Gasteiger partial charge < -0.3 is 4.74 Å². The first-order valence-electron chi connectivity index (χ1n) is 4.10. The molecule has 0 aromatic rings. The van der Waals surface area contributed by atoms with Gasteiger partial charge in [0, 0.05) is 0 Å². The van der Waals surface area contributed by atoms with Gasteiger partial charge in [0.25, 0.3) is 0 Å². The van der Waals surface area contributed by atoms with E-state index in [9.17, 15) is 9.59 Å². The van der Waals surface area contributed by atoms with E-state index in [-0.39, 0.29) is 24.0 Å². The molecule has 0 aliphatic carbocycles. The Morgan fingerprint density at radius 1 is 1.40 bits per heavy atom. The van der Waals surface area contributed by atoms with Gasteiger partial charge in [-0.15, -0.1) is 10.2 Å². The van der Waals surface area contributed by atoms with Crippen LogP contribution in [-0.2, 0) is 14.3 Å². The van der Waals surface area contributed by atoms with Gasteiger partial charge in [0.05, 0.1) is 6.61 Å². The Morgan fingerprint density at radius 2 is 2.20 bits per heavy atom. The highest BCUT2D eigenvalue weighted by Crippen LogP contribution is 2.08. The van der Waals surface area contributed by atoms with Crippen LogP contribution in [0.3, 0.4) is 0 Å². The van der Waals surface area contributed by atoms with Crippen molar-refractivity contribution in [3.8, 4) is 0 Å². The lowest BCUT2D eigenvalue weighted by atomic mass is 10.3. The molecule has 0 aromatic carbocycles. The van der Waals surface area contributed by atoms with Crippen LogP contribution >= 0.6 is 0 Å². The number of hydrogen-bond acceptors (Lipinski definition) is 7. The van der Waals surface area contributed by atoms with Crippen LogP contribution in [0.15, 0.2) is 25.4 Å². The number of amidine groups is 2. The van der Waals surface area contributed by atoms with Crippen LogP contribution in [0.25, 0.3) is 0 Å². The van der Waals surface area contributed by atoms with Crippen LogP contribution in [-0.4, -0.2) is 35.9 Å². The monoisotopic (exact) mass is 207 g/mol. The number of hydrogen-bond donors (Lipinski definition) is 0. The maximum absolute atomic E-state index is 11.3. The van der Waals surface area contributed by atoms with Crippen molar-refractivity contribution in [2.45, 2.75) is 6.92 Å². The van der Waals surface area contributed by atoms with Gasteiger partial charge in [0.2, 0.25) is 17.4 Å². The second-order valence-corrected chi connectivity index (χ2v) is 2.53. The third-order valence-electron chi connectivity index (χ3n) is 1.58. The summed E-state index contributed by atoms with van der Waals surface area (Å²) in [5.41, 5.74) is -0.0527. The smallest absolute Gasteiger partial charge is 0.376 e. The molecule has 1 amide bonds. The van der Waals surface area contributed by atoms with Crippen molar-refractivity contribution in [3.05, 3.63) is 0 Å². The zero-order valence-corrected chi connectivity index (χ0v) is 7.67. The summed E-state index contributed by atoms with van der Waals surface area (Å²) in [5.74, 6) is -1.78. The van der Waals surface area contributed by atoms with Crippen LogP contribution in [0.5, 0.6) is 0 Å². The first-order valence-corrected chi connectivity index (χ1v) is 4.10. The number of carbonyl (C=O) groups is 2. The fourth-order valence-electron chi connectivity index (χ4n) is 0.977. The summed E-state index contributed by atoms with van der Waals surface area (Å²) >= 11 is 0. The molecule has 2 heterocycles. The van der Waals surface area contributed by atoms with Gasteiger partial charge in [-0.1, -0.05) is 0 Å². The van der Waals surface area contributed by atoms with Crippen molar-refractivity contribution in [2.24, 2.45) is 25.4 Å². The fourth-order valence-corrected chi connectivity index (χ4v) is 0.977. The summed E-state index contributed by atoms with van der Waals surface area (Å²) in [6.45, 7) is 1.82. The second kappa shape index (κ2) is 3.48. The molecule has 15 heavy (non-hydrogen) atoms. The number of carbonyl (C=O) groups excluding carboxylic acids is 2. The fraction of sp³-hybridized carbons (Fsp3) is 0.286. The molecule has 2 aliphatic rings. The second-order valence-electron chi connectivity index (χ2n) is 2.53. The third kappa shape index (κ3) is 1.56. The Bertz CT molecular complexity index is 459. The Hall–Kier alpha value is -2.25. The molecular weight excluding hydrogens is 202 g/mol. The number of aliphatic imine (C=N–C) groups is 2. The maximum atomic E-state index is 11.3.